The van der Waals surface area contributed by atoms with Crippen LogP contribution in [0.3, 0.4) is 0 Å². The molecule has 7 nitrogen and oxygen atoms in total. The van der Waals surface area contributed by atoms with Gasteiger partial charge >= 0.3 is 5.97 Å². The average Bonchev–Trinajstić information content (AvgIpc) is 2.47. The SMILES string of the molecule is CCCC(=O)OCC(=O)Nc1ccc(C)c(S(=O)(=O)NC)c1. The number of nitrogens with one attached hydrogen (secondary N) is 2. The zero-order valence-corrected chi connectivity index (χ0v) is 13.6. The number of amides is 1. The summed E-state index contributed by atoms with van der Waals surface area (Å²) in [5, 5.41) is 2.49. The molecule has 0 saturated carbocycles. The highest BCUT2D eigenvalue weighted by molar-refractivity contribution is 7.89. The van der Waals surface area contributed by atoms with E-state index in [-0.39, 0.29) is 11.3 Å². The van der Waals surface area contributed by atoms with Gasteiger partial charge in [0.15, 0.2) is 6.61 Å². The van der Waals surface area contributed by atoms with E-state index in [0.29, 0.717) is 17.7 Å². The Kier molecular flexibility index (Phi) is 6.51. The van der Waals surface area contributed by atoms with Crippen LogP contribution in [0.25, 0.3) is 0 Å². The van der Waals surface area contributed by atoms with Crippen LogP contribution in [0.2, 0.25) is 0 Å². The molecule has 0 aliphatic carbocycles. The van der Waals surface area contributed by atoms with Gasteiger partial charge < -0.3 is 10.1 Å². The molecular formula is C14H20N2O5S. The van der Waals surface area contributed by atoms with Gasteiger partial charge in [-0.25, -0.2) is 13.1 Å². The van der Waals surface area contributed by atoms with Gasteiger partial charge in [0.2, 0.25) is 10.0 Å². The molecule has 22 heavy (non-hydrogen) atoms. The number of aryl methyl sites for hydroxylation is 1. The normalized spacial score (nSPS) is 11.0. The number of hydrogen-bond acceptors (Lipinski definition) is 5. The van der Waals surface area contributed by atoms with Crippen molar-refractivity contribution in [3.63, 3.8) is 0 Å². The van der Waals surface area contributed by atoms with E-state index in [1.807, 2.05) is 6.92 Å². The molecule has 0 aliphatic heterocycles. The summed E-state index contributed by atoms with van der Waals surface area (Å²) in [6, 6.07) is 4.52. The summed E-state index contributed by atoms with van der Waals surface area (Å²) in [7, 11) is -2.29. The molecule has 0 unspecified atom stereocenters. The molecule has 2 N–H and O–H groups in total. The number of carbonyl (C=O) groups excluding carboxylic acids is 2. The van der Waals surface area contributed by atoms with Crippen LogP contribution in [-0.4, -0.2) is 33.9 Å². The molecule has 0 spiro atoms. The van der Waals surface area contributed by atoms with Crippen molar-refractivity contribution >= 4 is 27.6 Å². The maximum Gasteiger partial charge on any atom is 0.306 e. The van der Waals surface area contributed by atoms with Gasteiger partial charge in [0.1, 0.15) is 0 Å². The Bertz CT molecular complexity index is 655. The molecule has 8 heteroatoms. The summed E-state index contributed by atoms with van der Waals surface area (Å²) in [4.78, 5) is 22.9. The fraction of sp³-hybridized carbons (Fsp3) is 0.429. The summed E-state index contributed by atoms with van der Waals surface area (Å²) in [6.45, 7) is 3.08. The van der Waals surface area contributed by atoms with Gasteiger partial charge in [-0.05, 0) is 38.1 Å². The Hall–Kier alpha value is -1.93. The van der Waals surface area contributed by atoms with Crippen molar-refractivity contribution in [1.29, 1.82) is 0 Å². The fourth-order valence-electron chi connectivity index (χ4n) is 1.70. The fourth-order valence-corrected chi connectivity index (χ4v) is 2.69. The van der Waals surface area contributed by atoms with E-state index in [2.05, 4.69) is 10.0 Å². The number of benzene rings is 1. The quantitative estimate of drug-likeness (QED) is 0.732. The summed E-state index contributed by atoms with van der Waals surface area (Å²) in [6.07, 6.45) is 0.895. The Morgan fingerprint density at radius 1 is 1.27 bits per heavy atom. The van der Waals surface area contributed by atoms with Crippen molar-refractivity contribution < 1.29 is 22.7 Å². The summed E-state index contributed by atoms with van der Waals surface area (Å²) < 4.78 is 30.7. The molecule has 0 saturated heterocycles. The Morgan fingerprint density at radius 3 is 2.55 bits per heavy atom. The van der Waals surface area contributed by atoms with E-state index in [1.54, 1.807) is 19.1 Å². The lowest BCUT2D eigenvalue weighted by Gasteiger charge is -2.10. The molecule has 122 valence electrons. The van der Waals surface area contributed by atoms with E-state index in [0.717, 1.165) is 0 Å². The molecule has 0 heterocycles. The molecular weight excluding hydrogens is 308 g/mol. The zero-order chi connectivity index (χ0) is 16.8. The molecule has 0 aliphatic rings. The van der Waals surface area contributed by atoms with E-state index in [4.69, 9.17) is 4.74 Å². The van der Waals surface area contributed by atoms with Crippen LogP contribution in [0.15, 0.2) is 23.1 Å². The maximum atomic E-state index is 11.9. The number of rotatable bonds is 7. The smallest absolute Gasteiger partial charge is 0.306 e. The van der Waals surface area contributed by atoms with Crippen LogP contribution in [0.4, 0.5) is 5.69 Å². The Morgan fingerprint density at radius 2 is 1.95 bits per heavy atom. The Balaban J connectivity index is 2.77. The number of esters is 1. The third-order valence-electron chi connectivity index (χ3n) is 2.85. The largest absolute Gasteiger partial charge is 0.456 e. The second-order valence-electron chi connectivity index (χ2n) is 4.65. The molecule has 1 amide bonds. The molecule has 0 radical (unpaired) electrons. The van der Waals surface area contributed by atoms with Crippen molar-refractivity contribution in [1.82, 2.24) is 4.72 Å². The maximum absolute atomic E-state index is 11.9. The standard InChI is InChI=1S/C14H20N2O5S/c1-4-5-14(18)21-9-13(17)16-11-7-6-10(2)12(8-11)22(19,20)15-3/h6-8,15H,4-5,9H2,1-3H3,(H,16,17). The first-order valence-corrected chi connectivity index (χ1v) is 8.28. The third-order valence-corrected chi connectivity index (χ3v) is 4.40. The molecule has 0 fully saturated rings. The average molecular weight is 328 g/mol. The number of anilines is 1. The van der Waals surface area contributed by atoms with Crippen LogP contribution in [0.1, 0.15) is 25.3 Å². The second-order valence-corrected chi connectivity index (χ2v) is 6.50. The summed E-state index contributed by atoms with van der Waals surface area (Å²) in [5.74, 6) is -0.971. The molecule has 0 atom stereocenters. The molecule has 1 aromatic rings. The monoisotopic (exact) mass is 328 g/mol. The second kappa shape index (κ2) is 7.90. The van der Waals surface area contributed by atoms with Crippen molar-refractivity contribution in [2.75, 3.05) is 19.0 Å². The number of carbonyl (C=O) groups is 2. The van der Waals surface area contributed by atoms with Gasteiger partial charge in [-0.1, -0.05) is 13.0 Å². The van der Waals surface area contributed by atoms with E-state index in [9.17, 15) is 18.0 Å². The predicted octanol–water partition coefficient (Wildman–Crippen LogP) is 1.18. The number of hydrogen-bond donors (Lipinski definition) is 2. The van der Waals surface area contributed by atoms with Crippen molar-refractivity contribution in [2.45, 2.75) is 31.6 Å². The minimum absolute atomic E-state index is 0.0794. The van der Waals surface area contributed by atoms with Crippen molar-refractivity contribution in [3.05, 3.63) is 23.8 Å². The van der Waals surface area contributed by atoms with E-state index >= 15 is 0 Å². The van der Waals surface area contributed by atoms with Crippen LogP contribution in [0, 0.1) is 6.92 Å². The van der Waals surface area contributed by atoms with Gasteiger partial charge in [-0.15, -0.1) is 0 Å². The Labute approximate surface area is 130 Å². The summed E-state index contributed by atoms with van der Waals surface area (Å²) in [5.41, 5.74) is 0.873. The predicted molar refractivity (Wildman–Crippen MR) is 81.9 cm³/mol. The van der Waals surface area contributed by atoms with E-state index in [1.165, 1.54) is 13.1 Å². The minimum Gasteiger partial charge on any atom is -0.456 e. The first-order chi connectivity index (χ1) is 10.3. The summed E-state index contributed by atoms with van der Waals surface area (Å²) >= 11 is 0. The lowest BCUT2D eigenvalue weighted by molar-refractivity contribution is -0.147. The molecule has 0 bridgehead atoms. The molecule has 1 aromatic carbocycles. The van der Waals surface area contributed by atoms with Crippen molar-refractivity contribution in [2.24, 2.45) is 0 Å². The van der Waals surface area contributed by atoms with Gasteiger partial charge in [0.05, 0.1) is 4.90 Å². The molecule has 1 rings (SSSR count). The highest BCUT2D eigenvalue weighted by Gasteiger charge is 2.16. The van der Waals surface area contributed by atoms with Crippen LogP contribution in [-0.2, 0) is 24.3 Å². The zero-order valence-electron chi connectivity index (χ0n) is 12.8. The van der Waals surface area contributed by atoms with Gasteiger partial charge in [-0.3, -0.25) is 9.59 Å². The highest BCUT2D eigenvalue weighted by atomic mass is 32.2. The van der Waals surface area contributed by atoms with Crippen molar-refractivity contribution in [3.8, 4) is 0 Å². The topological polar surface area (TPSA) is 102 Å². The first-order valence-electron chi connectivity index (χ1n) is 6.79. The molecule has 0 aromatic heterocycles. The van der Waals surface area contributed by atoms with Crippen LogP contribution < -0.4 is 10.0 Å². The van der Waals surface area contributed by atoms with E-state index < -0.39 is 28.5 Å². The van der Waals surface area contributed by atoms with Gasteiger partial charge in [-0.2, -0.15) is 0 Å². The third kappa shape index (κ3) is 5.12. The first kappa shape index (κ1) is 18.1. The lowest BCUT2D eigenvalue weighted by atomic mass is 10.2. The van der Waals surface area contributed by atoms with Crippen LogP contribution in [0.5, 0.6) is 0 Å². The van der Waals surface area contributed by atoms with Gasteiger partial charge in [0.25, 0.3) is 5.91 Å². The van der Waals surface area contributed by atoms with Gasteiger partial charge in [0, 0.05) is 12.1 Å². The number of ether oxygens (including phenoxy) is 1. The highest BCUT2D eigenvalue weighted by Crippen LogP contribution is 2.19. The van der Waals surface area contributed by atoms with Crippen LogP contribution >= 0.6 is 0 Å². The minimum atomic E-state index is -3.61. The lowest BCUT2D eigenvalue weighted by Crippen LogP contribution is -2.22. The number of sulfonamides is 1.